The van der Waals surface area contributed by atoms with E-state index in [2.05, 4.69) is 26.6 Å². The molecule has 1 aliphatic heterocycles. The molecule has 1 atom stereocenters. The lowest BCUT2D eigenvalue weighted by Crippen LogP contribution is -2.44. The maximum Gasteiger partial charge on any atom is 0.247 e. The Morgan fingerprint density at radius 1 is 1.16 bits per heavy atom. The van der Waals surface area contributed by atoms with Crippen molar-refractivity contribution in [3.63, 3.8) is 0 Å². The van der Waals surface area contributed by atoms with Crippen molar-refractivity contribution in [2.24, 2.45) is 5.92 Å². The van der Waals surface area contributed by atoms with Crippen molar-refractivity contribution in [2.45, 2.75) is 38.1 Å². The number of hydrogen-bond acceptors (Lipinski definition) is 2. The first kappa shape index (κ1) is 12.9. The summed E-state index contributed by atoms with van der Waals surface area (Å²) < 4.78 is 13.9. The quantitative estimate of drug-likeness (QED) is 0.821. The number of carbonyl (C=O) groups excluding carboxylic acids is 1. The Morgan fingerprint density at radius 3 is 2.63 bits per heavy atom. The van der Waals surface area contributed by atoms with Crippen molar-refractivity contribution < 1.29 is 9.18 Å². The van der Waals surface area contributed by atoms with Gasteiger partial charge in [-0.25, -0.2) is 4.39 Å². The van der Waals surface area contributed by atoms with E-state index in [0.29, 0.717) is 16.1 Å². The number of carbonyl (C=O) groups is 1. The maximum absolute atomic E-state index is 13.5. The Bertz CT molecular complexity index is 514. The average Bonchev–Trinajstić information content (AvgIpc) is 2.41. The second-order valence-corrected chi connectivity index (χ2v) is 6.18. The molecule has 0 aromatic heterocycles. The lowest BCUT2D eigenvalue weighted by Gasteiger charge is -2.34. The summed E-state index contributed by atoms with van der Waals surface area (Å²) in [5.41, 5.74) is 1.32. The number of anilines is 2. The minimum atomic E-state index is -0.364. The number of fused-ring (bicyclic) bond motifs is 1. The molecule has 0 saturated heterocycles. The predicted octanol–water partition coefficient (Wildman–Crippen LogP) is 3.90. The first-order valence-electron chi connectivity index (χ1n) is 6.71. The van der Waals surface area contributed by atoms with E-state index in [0.717, 1.165) is 18.5 Å². The van der Waals surface area contributed by atoms with Gasteiger partial charge in [0.2, 0.25) is 5.91 Å². The van der Waals surface area contributed by atoms with Crippen molar-refractivity contribution in [3.05, 3.63) is 22.4 Å². The minimum Gasteiger partial charge on any atom is -0.372 e. The number of nitrogens with one attached hydrogen (secondary N) is 2. The smallest absolute Gasteiger partial charge is 0.247 e. The van der Waals surface area contributed by atoms with Crippen molar-refractivity contribution in [2.75, 3.05) is 10.6 Å². The fourth-order valence-corrected chi connectivity index (χ4v) is 3.36. The number of rotatable bonds is 1. The predicted molar refractivity (Wildman–Crippen MR) is 76.7 cm³/mol. The van der Waals surface area contributed by atoms with Crippen LogP contribution in [0.25, 0.3) is 0 Å². The van der Waals surface area contributed by atoms with Crippen LogP contribution in [0, 0.1) is 11.7 Å². The summed E-state index contributed by atoms with van der Waals surface area (Å²) in [7, 11) is 0. The molecule has 2 aliphatic rings. The lowest BCUT2D eigenvalue weighted by molar-refractivity contribution is -0.118. The van der Waals surface area contributed by atoms with Gasteiger partial charge in [-0.1, -0.05) is 19.3 Å². The van der Waals surface area contributed by atoms with E-state index in [1.165, 1.54) is 25.3 Å². The highest BCUT2D eigenvalue weighted by atomic mass is 79.9. The normalized spacial score (nSPS) is 23.5. The van der Waals surface area contributed by atoms with Crippen LogP contribution in [-0.2, 0) is 4.79 Å². The van der Waals surface area contributed by atoms with Gasteiger partial charge in [-0.2, -0.15) is 0 Å². The van der Waals surface area contributed by atoms with Crippen LogP contribution in [0.4, 0.5) is 15.8 Å². The zero-order chi connectivity index (χ0) is 13.4. The molecule has 2 N–H and O–H groups in total. The van der Waals surface area contributed by atoms with Crippen molar-refractivity contribution in [3.8, 4) is 0 Å². The molecule has 3 rings (SSSR count). The molecule has 102 valence electrons. The Labute approximate surface area is 120 Å². The molecule has 0 radical (unpaired) electrons. The van der Waals surface area contributed by atoms with Gasteiger partial charge in [0.15, 0.2) is 0 Å². The van der Waals surface area contributed by atoms with E-state index in [1.54, 1.807) is 6.07 Å². The average molecular weight is 327 g/mol. The van der Waals surface area contributed by atoms with E-state index < -0.39 is 0 Å². The molecule has 1 unspecified atom stereocenters. The van der Waals surface area contributed by atoms with Gasteiger partial charge >= 0.3 is 0 Å². The molecule has 1 aliphatic carbocycles. The van der Waals surface area contributed by atoms with Crippen LogP contribution in [0.5, 0.6) is 0 Å². The molecule has 1 aromatic rings. The highest BCUT2D eigenvalue weighted by Gasteiger charge is 2.33. The number of amides is 1. The van der Waals surface area contributed by atoms with Gasteiger partial charge in [-0.15, -0.1) is 0 Å². The van der Waals surface area contributed by atoms with Crippen molar-refractivity contribution in [1.29, 1.82) is 0 Å². The third kappa shape index (κ3) is 2.48. The van der Waals surface area contributed by atoms with Gasteiger partial charge in [0.05, 0.1) is 15.8 Å². The Balaban J connectivity index is 1.86. The number of benzene rings is 1. The Morgan fingerprint density at radius 2 is 1.89 bits per heavy atom. The fraction of sp³-hybridized carbons (Fsp3) is 0.500. The third-order valence-corrected chi connectivity index (χ3v) is 4.64. The molecule has 1 saturated carbocycles. The van der Waals surface area contributed by atoms with Crippen LogP contribution in [-0.4, -0.2) is 11.9 Å². The van der Waals surface area contributed by atoms with E-state index in [9.17, 15) is 9.18 Å². The van der Waals surface area contributed by atoms with Crippen LogP contribution >= 0.6 is 15.9 Å². The van der Waals surface area contributed by atoms with E-state index in [-0.39, 0.29) is 17.8 Å². The van der Waals surface area contributed by atoms with Gasteiger partial charge in [0, 0.05) is 6.07 Å². The summed E-state index contributed by atoms with van der Waals surface area (Å²) in [4.78, 5) is 12.1. The van der Waals surface area contributed by atoms with Crippen LogP contribution < -0.4 is 10.6 Å². The van der Waals surface area contributed by atoms with Crippen molar-refractivity contribution >= 4 is 33.2 Å². The molecule has 0 spiro atoms. The van der Waals surface area contributed by atoms with E-state index in [1.807, 2.05) is 0 Å². The highest BCUT2D eigenvalue weighted by molar-refractivity contribution is 9.10. The Hall–Kier alpha value is -1.10. The lowest BCUT2D eigenvalue weighted by atomic mass is 9.83. The van der Waals surface area contributed by atoms with Gasteiger partial charge in [-0.05, 0) is 40.8 Å². The maximum atomic E-state index is 13.5. The monoisotopic (exact) mass is 326 g/mol. The molecule has 19 heavy (non-hydrogen) atoms. The first-order chi connectivity index (χ1) is 9.15. The van der Waals surface area contributed by atoms with Crippen LogP contribution in [0.1, 0.15) is 32.1 Å². The molecule has 1 heterocycles. The molecule has 0 bridgehead atoms. The first-order valence-corrected chi connectivity index (χ1v) is 7.51. The molecular formula is C14H16BrFN2O. The number of hydrogen-bond donors (Lipinski definition) is 2. The Kier molecular flexibility index (Phi) is 3.48. The fourth-order valence-electron chi connectivity index (χ4n) is 3.01. The molecule has 1 amide bonds. The zero-order valence-electron chi connectivity index (χ0n) is 10.5. The molecule has 3 nitrogen and oxygen atoms in total. The van der Waals surface area contributed by atoms with Crippen LogP contribution in [0.15, 0.2) is 16.6 Å². The third-order valence-electron chi connectivity index (χ3n) is 4.03. The summed E-state index contributed by atoms with van der Waals surface area (Å²) in [5.74, 6) is -0.0242. The van der Waals surface area contributed by atoms with E-state index in [4.69, 9.17) is 0 Å². The van der Waals surface area contributed by atoms with Gasteiger partial charge in [0.1, 0.15) is 11.9 Å². The summed E-state index contributed by atoms with van der Waals surface area (Å²) in [6.45, 7) is 0. The van der Waals surface area contributed by atoms with E-state index >= 15 is 0 Å². The number of halogens is 2. The summed E-state index contributed by atoms with van der Waals surface area (Å²) in [6.07, 6.45) is 5.82. The second kappa shape index (κ2) is 5.12. The summed E-state index contributed by atoms with van der Waals surface area (Å²) in [6, 6.07) is 2.85. The topological polar surface area (TPSA) is 41.1 Å². The van der Waals surface area contributed by atoms with Gasteiger partial charge in [-0.3, -0.25) is 4.79 Å². The van der Waals surface area contributed by atoms with Gasteiger partial charge in [0.25, 0.3) is 0 Å². The summed E-state index contributed by atoms with van der Waals surface area (Å²) in [5, 5.41) is 6.09. The molecule has 5 heteroatoms. The van der Waals surface area contributed by atoms with Crippen LogP contribution in [0.2, 0.25) is 0 Å². The van der Waals surface area contributed by atoms with Crippen LogP contribution in [0.3, 0.4) is 0 Å². The van der Waals surface area contributed by atoms with Crippen molar-refractivity contribution in [1.82, 2.24) is 0 Å². The molecule has 1 fully saturated rings. The molecule has 1 aromatic carbocycles. The second-order valence-electron chi connectivity index (χ2n) is 5.32. The molecular weight excluding hydrogens is 311 g/mol. The summed E-state index contributed by atoms with van der Waals surface area (Å²) >= 11 is 3.18. The highest BCUT2D eigenvalue weighted by Crippen LogP contribution is 2.36. The minimum absolute atomic E-state index is 0.0406. The standard InChI is InChI=1S/C14H16BrFN2O/c15-9-6-11-12(7-10(9)16)18-14(19)13(17-11)8-4-2-1-3-5-8/h6-8,13,17H,1-5H2,(H,18,19). The SMILES string of the molecule is O=C1Nc2cc(F)c(Br)cc2NC1C1CCCCC1. The zero-order valence-corrected chi connectivity index (χ0v) is 12.1. The van der Waals surface area contributed by atoms with Gasteiger partial charge < -0.3 is 10.6 Å². The largest absolute Gasteiger partial charge is 0.372 e.